The largest absolute Gasteiger partial charge is 0.488 e. The Kier molecular flexibility index (Phi) is 3.08. The number of amides is 1. The SMILES string of the molecule is Cc1ccc(NNC(=O)O)c2c1CCC(C)O2. The van der Waals surface area contributed by atoms with Crippen LogP contribution in [0.15, 0.2) is 12.1 Å². The van der Waals surface area contributed by atoms with Gasteiger partial charge in [0.1, 0.15) is 5.75 Å². The number of ether oxygens (including phenoxy) is 1. The molecule has 17 heavy (non-hydrogen) atoms. The summed E-state index contributed by atoms with van der Waals surface area (Å²) in [6.45, 7) is 4.05. The van der Waals surface area contributed by atoms with Gasteiger partial charge >= 0.3 is 6.09 Å². The average Bonchev–Trinajstić information content (AvgIpc) is 2.28. The molecule has 1 heterocycles. The van der Waals surface area contributed by atoms with E-state index in [0.29, 0.717) is 5.69 Å². The summed E-state index contributed by atoms with van der Waals surface area (Å²) in [7, 11) is 0. The van der Waals surface area contributed by atoms with Crippen molar-refractivity contribution in [3.05, 3.63) is 23.3 Å². The first kappa shape index (κ1) is 11.6. The van der Waals surface area contributed by atoms with Gasteiger partial charge in [-0.2, -0.15) is 0 Å². The van der Waals surface area contributed by atoms with Gasteiger partial charge in [0.2, 0.25) is 0 Å². The number of nitrogens with one attached hydrogen (secondary N) is 2. The molecule has 0 bridgehead atoms. The van der Waals surface area contributed by atoms with Crippen molar-refractivity contribution in [3.8, 4) is 5.75 Å². The van der Waals surface area contributed by atoms with Crippen LogP contribution in [0.3, 0.4) is 0 Å². The van der Waals surface area contributed by atoms with E-state index in [1.807, 2.05) is 26.0 Å². The summed E-state index contributed by atoms with van der Waals surface area (Å²) in [6.07, 6.45) is 0.993. The lowest BCUT2D eigenvalue weighted by molar-refractivity contribution is 0.192. The van der Waals surface area contributed by atoms with Gasteiger partial charge in [-0.1, -0.05) is 6.07 Å². The maximum absolute atomic E-state index is 10.5. The van der Waals surface area contributed by atoms with Crippen LogP contribution in [-0.2, 0) is 6.42 Å². The third-order valence-electron chi connectivity index (χ3n) is 2.92. The fourth-order valence-corrected chi connectivity index (χ4v) is 2.00. The molecule has 1 aliphatic heterocycles. The van der Waals surface area contributed by atoms with Crippen molar-refractivity contribution in [2.24, 2.45) is 0 Å². The minimum absolute atomic E-state index is 0.162. The van der Waals surface area contributed by atoms with E-state index in [1.54, 1.807) is 0 Å². The first-order valence-corrected chi connectivity index (χ1v) is 5.62. The van der Waals surface area contributed by atoms with E-state index >= 15 is 0 Å². The molecule has 5 nitrogen and oxygen atoms in total. The van der Waals surface area contributed by atoms with E-state index in [1.165, 1.54) is 5.56 Å². The van der Waals surface area contributed by atoms with E-state index in [2.05, 4.69) is 10.9 Å². The number of hydrazine groups is 1. The molecular formula is C12H16N2O3. The van der Waals surface area contributed by atoms with E-state index in [9.17, 15) is 4.79 Å². The first-order chi connectivity index (χ1) is 8.08. The van der Waals surface area contributed by atoms with Crippen LogP contribution in [0.1, 0.15) is 24.5 Å². The van der Waals surface area contributed by atoms with Gasteiger partial charge < -0.3 is 9.84 Å². The second-order valence-electron chi connectivity index (χ2n) is 4.26. The van der Waals surface area contributed by atoms with Gasteiger partial charge in [-0.3, -0.25) is 5.43 Å². The summed E-state index contributed by atoms with van der Waals surface area (Å²) < 4.78 is 5.78. The average molecular weight is 236 g/mol. The smallest absolute Gasteiger partial charge is 0.423 e. The van der Waals surface area contributed by atoms with E-state index in [4.69, 9.17) is 9.84 Å². The molecule has 1 amide bonds. The van der Waals surface area contributed by atoms with Gasteiger partial charge in [-0.05, 0) is 43.9 Å². The van der Waals surface area contributed by atoms with Crippen LogP contribution < -0.4 is 15.6 Å². The highest BCUT2D eigenvalue weighted by atomic mass is 16.5. The quantitative estimate of drug-likeness (QED) is 0.689. The Bertz CT molecular complexity index is 446. The zero-order chi connectivity index (χ0) is 12.4. The fourth-order valence-electron chi connectivity index (χ4n) is 2.00. The van der Waals surface area contributed by atoms with E-state index in [0.717, 1.165) is 24.2 Å². The molecule has 3 N–H and O–H groups in total. The van der Waals surface area contributed by atoms with Crippen molar-refractivity contribution in [1.29, 1.82) is 0 Å². The number of carboxylic acid groups (broad SMARTS) is 1. The van der Waals surface area contributed by atoms with Gasteiger partial charge in [0.05, 0.1) is 11.8 Å². The molecular weight excluding hydrogens is 220 g/mol. The van der Waals surface area contributed by atoms with Crippen LogP contribution in [0.4, 0.5) is 10.5 Å². The number of aryl methyl sites for hydroxylation is 1. The molecule has 92 valence electrons. The van der Waals surface area contributed by atoms with Crippen molar-refractivity contribution >= 4 is 11.8 Å². The summed E-state index contributed by atoms with van der Waals surface area (Å²) in [6, 6.07) is 3.78. The van der Waals surface area contributed by atoms with Gasteiger partial charge in [-0.15, -0.1) is 0 Å². The maximum Gasteiger partial charge on any atom is 0.423 e. The third kappa shape index (κ3) is 2.43. The van der Waals surface area contributed by atoms with Gasteiger partial charge in [-0.25, -0.2) is 10.2 Å². The summed E-state index contributed by atoms with van der Waals surface area (Å²) in [5.74, 6) is 0.762. The number of hydrogen-bond acceptors (Lipinski definition) is 3. The van der Waals surface area contributed by atoms with Crippen LogP contribution in [0.2, 0.25) is 0 Å². The standard InChI is InChI=1S/C12H16N2O3/c1-7-3-6-10(13-14-12(15)16)11-9(7)5-4-8(2)17-11/h3,6,8,13-14H,4-5H2,1-2H3,(H,15,16). The van der Waals surface area contributed by atoms with E-state index in [-0.39, 0.29) is 6.10 Å². The highest BCUT2D eigenvalue weighted by Gasteiger charge is 2.21. The summed E-state index contributed by atoms with van der Waals surface area (Å²) in [5.41, 5.74) is 7.77. The molecule has 0 saturated carbocycles. The fraction of sp³-hybridized carbons (Fsp3) is 0.417. The summed E-state index contributed by atoms with van der Waals surface area (Å²) in [4.78, 5) is 10.5. The Hall–Kier alpha value is -1.91. The van der Waals surface area contributed by atoms with Gasteiger partial charge in [0.15, 0.2) is 0 Å². The molecule has 1 aliphatic rings. The molecule has 0 saturated heterocycles. The lowest BCUT2D eigenvalue weighted by atomic mass is 9.97. The zero-order valence-electron chi connectivity index (χ0n) is 9.91. The monoisotopic (exact) mass is 236 g/mol. The highest BCUT2D eigenvalue weighted by Crippen LogP contribution is 2.36. The van der Waals surface area contributed by atoms with Crippen LogP contribution in [-0.4, -0.2) is 17.3 Å². The normalized spacial score (nSPS) is 17.9. The zero-order valence-corrected chi connectivity index (χ0v) is 9.91. The van der Waals surface area contributed by atoms with Crippen molar-refractivity contribution in [2.45, 2.75) is 32.8 Å². The molecule has 0 aliphatic carbocycles. The van der Waals surface area contributed by atoms with Crippen molar-refractivity contribution in [1.82, 2.24) is 5.43 Å². The highest BCUT2D eigenvalue weighted by molar-refractivity contribution is 5.70. The molecule has 1 aromatic rings. The number of fused-ring (bicyclic) bond motifs is 1. The Balaban J connectivity index is 2.30. The van der Waals surface area contributed by atoms with E-state index < -0.39 is 6.09 Å². The minimum Gasteiger partial charge on any atom is -0.488 e. The number of benzene rings is 1. The second kappa shape index (κ2) is 4.53. The van der Waals surface area contributed by atoms with Crippen LogP contribution in [0.5, 0.6) is 5.75 Å². The Morgan fingerprint density at radius 3 is 3.00 bits per heavy atom. The van der Waals surface area contributed by atoms with Crippen molar-refractivity contribution in [3.63, 3.8) is 0 Å². The van der Waals surface area contributed by atoms with Gasteiger partial charge in [0.25, 0.3) is 0 Å². The van der Waals surface area contributed by atoms with Crippen LogP contribution >= 0.6 is 0 Å². The predicted octanol–water partition coefficient (Wildman–Crippen LogP) is 2.30. The predicted molar refractivity (Wildman–Crippen MR) is 64.4 cm³/mol. The van der Waals surface area contributed by atoms with Crippen LogP contribution in [0, 0.1) is 6.92 Å². The Labute approximate surface area is 99.8 Å². The molecule has 0 fully saturated rings. The number of carbonyl (C=O) groups is 1. The lowest BCUT2D eigenvalue weighted by Gasteiger charge is -2.27. The summed E-state index contributed by atoms with van der Waals surface area (Å²) >= 11 is 0. The first-order valence-electron chi connectivity index (χ1n) is 5.62. The van der Waals surface area contributed by atoms with Gasteiger partial charge in [0, 0.05) is 0 Å². The van der Waals surface area contributed by atoms with Crippen molar-refractivity contribution in [2.75, 3.05) is 5.43 Å². The number of rotatable bonds is 2. The Morgan fingerprint density at radius 2 is 2.29 bits per heavy atom. The van der Waals surface area contributed by atoms with Crippen molar-refractivity contribution < 1.29 is 14.6 Å². The number of hydrogen-bond donors (Lipinski definition) is 3. The number of anilines is 1. The molecule has 1 atom stereocenters. The van der Waals surface area contributed by atoms with Crippen LogP contribution in [0.25, 0.3) is 0 Å². The molecule has 0 spiro atoms. The summed E-state index contributed by atoms with van der Waals surface area (Å²) in [5, 5.41) is 8.57. The topological polar surface area (TPSA) is 70.6 Å². The lowest BCUT2D eigenvalue weighted by Crippen LogP contribution is -2.29. The molecule has 0 aromatic heterocycles. The maximum atomic E-state index is 10.5. The molecule has 1 unspecified atom stereocenters. The molecule has 2 rings (SSSR count). The third-order valence-corrected chi connectivity index (χ3v) is 2.92. The molecule has 0 radical (unpaired) electrons. The second-order valence-corrected chi connectivity index (χ2v) is 4.26. The molecule has 1 aromatic carbocycles. The minimum atomic E-state index is -1.12. The molecule has 5 heteroatoms. The Morgan fingerprint density at radius 1 is 1.53 bits per heavy atom.